The molecule has 0 saturated heterocycles. The number of hydrogen-bond donors (Lipinski definition) is 2. The van der Waals surface area contributed by atoms with E-state index in [2.05, 4.69) is 5.32 Å². The topological polar surface area (TPSA) is 66.4 Å². The van der Waals surface area contributed by atoms with Crippen molar-refractivity contribution in [3.8, 4) is 5.75 Å². The number of benzene rings is 2. The van der Waals surface area contributed by atoms with Gasteiger partial charge in [-0.2, -0.15) is 0 Å². The van der Waals surface area contributed by atoms with Crippen LogP contribution in [-0.2, 0) is 0 Å². The first kappa shape index (κ1) is 13.8. The minimum absolute atomic E-state index is 0.269. The highest BCUT2D eigenvalue weighted by Gasteiger charge is 2.09. The van der Waals surface area contributed by atoms with Crippen LogP contribution in [0.2, 0.25) is 0 Å². The second kappa shape index (κ2) is 5.69. The normalized spacial score (nSPS) is 10.4. The predicted octanol–water partition coefficient (Wildman–Crippen LogP) is 3.16. The van der Waals surface area contributed by atoms with E-state index >= 15 is 0 Å². The standard InChI is InChI=1S/C18H13NO3/c20-16-10-8-13(9-11-17(16)21)19-18(22)15-7-3-5-12-4-1-2-6-14(12)15/h1-11H,(H,19,22)(H,20,21). The van der Waals surface area contributed by atoms with Crippen molar-refractivity contribution >= 4 is 22.4 Å². The van der Waals surface area contributed by atoms with E-state index in [1.807, 2.05) is 36.4 Å². The Morgan fingerprint density at radius 1 is 0.864 bits per heavy atom. The average molecular weight is 291 g/mol. The van der Waals surface area contributed by atoms with Gasteiger partial charge in [-0.15, -0.1) is 0 Å². The van der Waals surface area contributed by atoms with Gasteiger partial charge in [-0.25, -0.2) is 0 Å². The van der Waals surface area contributed by atoms with Gasteiger partial charge in [0, 0.05) is 11.3 Å². The Morgan fingerprint density at radius 3 is 2.45 bits per heavy atom. The Morgan fingerprint density at radius 2 is 1.59 bits per heavy atom. The third-order valence-electron chi connectivity index (χ3n) is 3.38. The molecule has 0 aliphatic heterocycles. The molecule has 3 rings (SSSR count). The number of fused-ring (bicyclic) bond motifs is 1. The Bertz CT molecular complexity index is 914. The maximum Gasteiger partial charge on any atom is 0.256 e. The molecular formula is C18H13NO3. The van der Waals surface area contributed by atoms with Crippen LogP contribution in [0.5, 0.6) is 5.75 Å². The summed E-state index contributed by atoms with van der Waals surface area (Å²) in [6.07, 6.45) is 0. The summed E-state index contributed by atoms with van der Waals surface area (Å²) >= 11 is 0. The predicted molar refractivity (Wildman–Crippen MR) is 86.3 cm³/mol. The van der Waals surface area contributed by atoms with Crippen LogP contribution in [0.3, 0.4) is 0 Å². The average Bonchev–Trinajstić information content (AvgIpc) is 2.70. The molecule has 22 heavy (non-hydrogen) atoms. The molecule has 0 atom stereocenters. The molecular weight excluding hydrogens is 278 g/mol. The van der Waals surface area contributed by atoms with Gasteiger partial charge in [0.1, 0.15) is 0 Å². The lowest BCUT2D eigenvalue weighted by molar-refractivity contribution is 0.102. The van der Waals surface area contributed by atoms with Crippen LogP contribution in [0.15, 0.2) is 71.5 Å². The fourth-order valence-corrected chi connectivity index (χ4v) is 2.26. The first-order chi connectivity index (χ1) is 10.6. The first-order valence-corrected chi connectivity index (χ1v) is 6.77. The molecule has 108 valence electrons. The van der Waals surface area contributed by atoms with E-state index in [9.17, 15) is 14.7 Å². The number of anilines is 1. The number of aromatic hydroxyl groups is 1. The van der Waals surface area contributed by atoms with Crippen molar-refractivity contribution in [2.24, 2.45) is 0 Å². The van der Waals surface area contributed by atoms with Crippen molar-refractivity contribution in [1.82, 2.24) is 0 Å². The molecule has 4 nitrogen and oxygen atoms in total. The van der Waals surface area contributed by atoms with Crippen molar-refractivity contribution in [2.75, 3.05) is 5.32 Å². The van der Waals surface area contributed by atoms with Crippen LogP contribution in [0, 0.1) is 0 Å². The van der Waals surface area contributed by atoms with E-state index in [0.29, 0.717) is 11.3 Å². The van der Waals surface area contributed by atoms with Crippen LogP contribution in [0.1, 0.15) is 10.4 Å². The number of carbonyl (C=O) groups is 1. The molecule has 4 heteroatoms. The van der Waals surface area contributed by atoms with Crippen molar-refractivity contribution < 1.29 is 9.90 Å². The van der Waals surface area contributed by atoms with Gasteiger partial charge in [0.05, 0.1) is 0 Å². The summed E-state index contributed by atoms with van der Waals surface area (Å²) in [4.78, 5) is 23.8. The molecule has 0 heterocycles. The van der Waals surface area contributed by atoms with E-state index in [1.165, 1.54) is 24.3 Å². The molecule has 0 radical (unpaired) electrons. The number of hydrogen-bond acceptors (Lipinski definition) is 3. The van der Waals surface area contributed by atoms with Gasteiger partial charge in [0.15, 0.2) is 5.75 Å². The summed E-state index contributed by atoms with van der Waals surface area (Å²) in [7, 11) is 0. The van der Waals surface area contributed by atoms with E-state index in [-0.39, 0.29) is 11.7 Å². The van der Waals surface area contributed by atoms with Crippen LogP contribution >= 0.6 is 0 Å². The zero-order valence-electron chi connectivity index (χ0n) is 11.6. The van der Waals surface area contributed by atoms with Crippen molar-refractivity contribution in [1.29, 1.82) is 0 Å². The summed E-state index contributed by atoms with van der Waals surface area (Å²) in [6.45, 7) is 0. The van der Waals surface area contributed by atoms with Crippen LogP contribution in [0.4, 0.5) is 5.69 Å². The van der Waals surface area contributed by atoms with Crippen molar-refractivity contribution in [2.45, 2.75) is 0 Å². The monoisotopic (exact) mass is 291 g/mol. The summed E-state index contributed by atoms with van der Waals surface area (Å²) in [5.74, 6) is -0.624. The number of carbonyl (C=O) groups excluding carboxylic acids is 1. The van der Waals surface area contributed by atoms with Gasteiger partial charge < -0.3 is 10.4 Å². The van der Waals surface area contributed by atoms with E-state index in [1.54, 1.807) is 6.07 Å². The summed E-state index contributed by atoms with van der Waals surface area (Å²) in [6, 6.07) is 18.6. The second-order valence-corrected chi connectivity index (χ2v) is 4.85. The number of nitrogens with one attached hydrogen (secondary N) is 1. The summed E-state index contributed by atoms with van der Waals surface area (Å²) < 4.78 is 0. The molecule has 0 aliphatic carbocycles. The second-order valence-electron chi connectivity index (χ2n) is 4.85. The highest BCUT2D eigenvalue weighted by molar-refractivity contribution is 6.12. The van der Waals surface area contributed by atoms with Gasteiger partial charge >= 0.3 is 0 Å². The van der Waals surface area contributed by atoms with Gasteiger partial charge in [-0.05, 0) is 41.1 Å². The molecule has 2 N–H and O–H groups in total. The number of amides is 1. The van der Waals surface area contributed by atoms with Gasteiger partial charge in [0.2, 0.25) is 5.43 Å². The zero-order valence-corrected chi connectivity index (χ0v) is 11.6. The van der Waals surface area contributed by atoms with Crippen LogP contribution < -0.4 is 10.7 Å². The Labute approximate surface area is 126 Å². The molecule has 0 aliphatic rings. The molecule has 1 amide bonds. The summed E-state index contributed by atoms with van der Waals surface area (Å²) in [5.41, 5.74) is 0.497. The van der Waals surface area contributed by atoms with E-state index in [0.717, 1.165) is 10.8 Å². The van der Waals surface area contributed by atoms with Gasteiger partial charge in [-0.1, -0.05) is 36.4 Å². The minimum atomic E-state index is -0.495. The van der Waals surface area contributed by atoms with E-state index in [4.69, 9.17) is 0 Å². The molecule has 0 fully saturated rings. The number of rotatable bonds is 2. The molecule has 0 aromatic heterocycles. The lowest BCUT2D eigenvalue weighted by Crippen LogP contribution is -2.11. The summed E-state index contributed by atoms with van der Waals surface area (Å²) in [5, 5.41) is 13.9. The largest absolute Gasteiger partial charge is 0.504 e. The maximum absolute atomic E-state index is 12.4. The van der Waals surface area contributed by atoms with Gasteiger partial charge in [0.25, 0.3) is 5.91 Å². The minimum Gasteiger partial charge on any atom is -0.504 e. The molecule has 0 saturated carbocycles. The Hall–Kier alpha value is -3.14. The molecule has 0 unspecified atom stereocenters. The molecule has 0 spiro atoms. The van der Waals surface area contributed by atoms with E-state index < -0.39 is 5.43 Å². The first-order valence-electron chi connectivity index (χ1n) is 6.77. The fraction of sp³-hybridized carbons (Fsp3) is 0. The molecule has 3 aromatic rings. The highest BCUT2D eigenvalue weighted by Crippen LogP contribution is 2.19. The van der Waals surface area contributed by atoms with Gasteiger partial charge in [-0.3, -0.25) is 9.59 Å². The Balaban J connectivity index is 1.97. The van der Waals surface area contributed by atoms with Crippen molar-refractivity contribution in [3.05, 3.63) is 82.5 Å². The highest BCUT2D eigenvalue weighted by atomic mass is 16.3. The van der Waals surface area contributed by atoms with Crippen molar-refractivity contribution in [3.63, 3.8) is 0 Å². The lowest BCUT2D eigenvalue weighted by Gasteiger charge is -2.07. The quantitative estimate of drug-likeness (QED) is 0.762. The molecule has 0 bridgehead atoms. The maximum atomic E-state index is 12.4. The SMILES string of the molecule is O=C(Nc1ccc(O)c(=O)cc1)c1cccc2ccccc12. The third-order valence-corrected chi connectivity index (χ3v) is 3.38. The zero-order chi connectivity index (χ0) is 15.5. The fourth-order valence-electron chi connectivity index (χ4n) is 2.26. The Kier molecular flexibility index (Phi) is 3.58. The smallest absolute Gasteiger partial charge is 0.256 e. The van der Waals surface area contributed by atoms with Crippen LogP contribution in [0.25, 0.3) is 10.8 Å². The third kappa shape index (κ3) is 2.67. The molecule has 3 aromatic carbocycles. The lowest BCUT2D eigenvalue weighted by atomic mass is 10.0. The van der Waals surface area contributed by atoms with Crippen LogP contribution in [-0.4, -0.2) is 11.0 Å².